The zero-order valence-electron chi connectivity index (χ0n) is 12.4. The molecule has 1 heteroatoms. The molecule has 0 N–H and O–H groups in total. The third-order valence-corrected chi connectivity index (χ3v) is 4.85. The Labute approximate surface area is 125 Å². The van der Waals surface area contributed by atoms with Crippen LogP contribution in [0.4, 0.5) is 0 Å². The number of ether oxygens (including phenoxy) is 1. The Bertz CT molecular complexity index is 803. The van der Waals surface area contributed by atoms with Crippen molar-refractivity contribution in [3.63, 3.8) is 0 Å². The van der Waals surface area contributed by atoms with Crippen LogP contribution < -0.4 is 0 Å². The molecule has 1 aliphatic carbocycles. The van der Waals surface area contributed by atoms with Crippen LogP contribution in [-0.4, -0.2) is 13.7 Å². The van der Waals surface area contributed by atoms with Gasteiger partial charge in [0.25, 0.3) is 0 Å². The van der Waals surface area contributed by atoms with Crippen molar-refractivity contribution < 1.29 is 4.74 Å². The molecular weight excluding hydrogens is 256 g/mol. The minimum absolute atomic E-state index is 0.681. The Balaban J connectivity index is 1.89. The fourth-order valence-corrected chi connectivity index (χ4v) is 3.82. The highest BCUT2D eigenvalue weighted by Crippen LogP contribution is 2.34. The van der Waals surface area contributed by atoms with Gasteiger partial charge in [0.2, 0.25) is 0 Å². The summed E-state index contributed by atoms with van der Waals surface area (Å²) < 4.78 is 5.34. The van der Waals surface area contributed by atoms with Crippen LogP contribution in [0.3, 0.4) is 0 Å². The van der Waals surface area contributed by atoms with E-state index in [1.54, 1.807) is 5.56 Å². The highest BCUT2D eigenvalue weighted by Gasteiger charge is 2.20. The molecule has 0 heterocycles. The summed E-state index contributed by atoms with van der Waals surface area (Å²) in [4.78, 5) is 0. The predicted molar refractivity (Wildman–Crippen MR) is 88.8 cm³/mol. The summed E-state index contributed by atoms with van der Waals surface area (Å²) >= 11 is 0. The molecule has 0 bridgehead atoms. The zero-order chi connectivity index (χ0) is 14.2. The maximum atomic E-state index is 5.34. The van der Waals surface area contributed by atoms with Gasteiger partial charge in [-0.2, -0.15) is 0 Å². The van der Waals surface area contributed by atoms with Gasteiger partial charge in [0.1, 0.15) is 0 Å². The largest absolute Gasteiger partial charge is 0.384 e. The molecule has 0 saturated carbocycles. The lowest BCUT2D eigenvalue weighted by Crippen LogP contribution is -2.18. The van der Waals surface area contributed by atoms with Gasteiger partial charge in [-0.05, 0) is 57.9 Å². The van der Waals surface area contributed by atoms with Crippen molar-refractivity contribution in [2.24, 2.45) is 5.92 Å². The van der Waals surface area contributed by atoms with E-state index in [1.807, 2.05) is 7.11 Å². The predicted octanol–water partition coefficient (Wildman–Crippen LogP) is 4.74. The van der Waals surface area contributed by atoms with Crippen molar-refractivity contribution in [1.29, 1.82) is 0 Å². The Morgan fingerprint density at radius 1 is 0.952 bits per heavy atom. The van der Waals surface area contributed by atoms with Crippen LogP contribution in [0.5, 0.6) is 0 Å². The first-order chi connectivity index (χ1) is 10.4. The van der Waals surface area contributed by atoms with Crippen molar-refractivity contribution in [3.05, 3.63) is 59.7 Å². The van der Waals surface area contributed by atoms with E-state index in [0.717, 1.165) is 13.0 Å². The van der Waals surface area contributed by atoms with E-state index in [1.165, 1.54) is 39.9 Å². The Morgan fingerprint density at radius 3 is 2.71 bits per heavy atom. The summed E-state index contributed by atoms with van der Waals surface area (Å²) in [5.74, 6) is 0.681. The SMILES string of the molecule is COCC1CCc2c(ccc3c2ccc2ccccc23)C1. The van der Waals surface area contributed by atoms with E-state index >= 15 is 0 Å². The molecule has 1 atom stereocenters. The smallest absolute Gasteiger partial charge is 0.0493 e. The van der Waals surface area contributed by atoms with Crippen LogP contribution in [0, 0.1) is 5.92 Å². The van der Waals surface area contributed by atoms with E-state index < -0.39 is 0 Å². The van der Waals surface area contributed by atoms with Crippen molar-refractivity contribution in [3.8, 4) is 0 Å². The summed E-state index contributed by atoms with van der Waals surface area (Å²) in [5.41, 5.74) is 3.08. The fraction of sp³-hybridized carbons (Fsp3) is 0.300. The monoisotopic (exact) mass is 276 g/mol. The van der Waals surface area contributed by atoms with Crippen LogP contribution in [-0.2, 0) is 17.6 Å². The molecule has 0 spiro atoms. The number of rotatable bonds is 2. The average Bonchev–Trinajstić information content (AvgIpc) is 2.54. The highest BCUT2D eigenvalue weighted by atomic mass is 16.5. The Hall–Kier alpha value is -1.86. The average molecular weight is 276 g/mol. The molecule has 3 aromatic rings. The summed E-state index contributed by atoms with van der Waals surface area (Å²) in [6, 6.07) is 17.9. The van der Waals surface area contributed by atoms with E-state index in [2.05, 4.69) is 48.5 Å². The zero-order valence-corrected chi connectivity index (χ0v) is 12.4. The minimum Gasteiger partial charge on any atom is -0.384 e. The molecule has 3 aromatic carbocycles. The van der Waals surface area contributed by atoms with Crippen molar-refractivity contribution in [2.75, 3.05) is 13.7 Å². The normalized spacial score (nSPS) is 18.0. The number of methoxy groups -OCH3 is 1. The molecule has 0 aromatic heterocycles. The second-order valence-corrected chi connectivity index (χ2v) is 6.15. The van der Waals surface area contributed by atoms with Crippen LogP contribution in [0.2, 0.25) is 0 Å². The number of fused-ring (bicyclic) bond motifs is 5. The van der Waals surface area contributed by atoms with Crippen LogP contribution in [0.25, 0.3) is 21.5 Å². The van der Waals surface area contributed by atoms with Crippen LogP contribution in [0.1, 0.15) is 17.5 Å². The summed E-state index contributed by atoms with van der Waals surface area (Å²) in [6.45, 7) is 0.884. The van der Waals surface area contributed by atoms with Crippen LogP contribution >= 0.6 is 0 Å². The highest BCUT2D eigenvalue weighted by molar-refractivity contribution is 6.08. The fourth-order valence-electron chi connectivity index (χ4n) is 3.82. The van der Waals surface area contributed by atoms with Gasteiger partial charge >= 0.3 is 0 Å². The van der Waals surface area contributed by atoms with Crippen molar-refractivity contribution >= 4 is 21.5 Å². The van der Waals surface area contributed by atoms with Crippen molar-refractivity contribution in [1.82, 2.24) is 0 Å². The van der Waals surface area contributed by atoms with Gasteiger partial charge in [-0.1, -0.05) is 48.5 Å². The molecule has 0 fully saturated rings. The van der Waals surface area contributed by atoms with E-state index in [9.17, 15) is 0 Å². The maximum absolute atomic E-state index is 5.34. The lowest BCUT2D eigenvalue weighted by Gasteiger charge is -2.25. The topological polar surface area (TPSA) is 9.23 Å². The third-order valence-electron chi connectivity index (χ3n) is 4.85. The molecule has 21 heavy (non-hydrogen) atoms. The van der Waals surface area contributed by atoms with Gasteiger partial charge in [0, 0.05) is 13.7 Å². The minimum atomic E-state index is 0.681. The molecule has 0 radical (unpaired) electrons. The molecule has 106 valence electrons. The first-order valence-electron chi connectivity index (χ1n) is 7.78. The molecule has 1 unspecified atom stereocenters. The van der Waals surface area contributed by atoms with Gasteiger partial charge in [-0.25, -0.2) is 0 Å². The number of hydrogen-bond donors (Lipinski definition) is 0. The quantitative estimate of drug-likeness (QED) is 0.614. The molecular formula is C20H20O. The third kappa shape index (κ3) is 2.13. The van der Waals surface area contributed by atoms with Gasteiger partial charge in [-0.15, -0.1) is 0 Å². The van der Waals surface area contributed by atoms with Gasteiger partial charge in [-0.3, -0.25) is 0 Å². The van der Waals surface area contributed by atoms with Gasteiger partial charge in [0.15, 0.2) is 0 Å². The lowest BCUT2D eigenvalue weighted by atomic mass is 9.81. The maximum Gasteiger partial charge on any atom is 0.0493 e. The summed E-state index contributed by atoms with van der Waals surface area (Å²) in [5, 5.41) is 5.55. The second-order valence-electron chi connectivity index (χ2n) is 6.15. The molecule has 1 nitrogen and oxygen atoms in total. The molecule has 4 rings (SSSR count). The van der Waals surface area contributed by atoms with Crippen molar-refractivity contribution in [2.45, 2.75) is 19.3 Å². The molecule has 0 amide bonds. The first kappa shape index (κ1) is 12.8. The molecule has 1 aliphatic rings. The number of hydrogen-bond acceptors (Lipinski definition) is 1. The first-order valence-corrected chi connectivity index (χ1v) is 7.78. The second kappa shape index (κ2) is 5.16. The summed E-state index contributed by atoms with van der Waals surface area (Å²) in [7, 11) is 1.81. The van der Waals surface area contributed by atoms with Gasteiger partial charge in [0.05, 0.1) is 0 Å². The van der Waals surface area contributed by atoms with Crippen LogP contribution in [0.15, 0.2) is 48.5 Å². The number of aryl methyl sites for hydroxylation is 1. The lowest BCUT2D eigenvalue weighted by molar-refractivity contribution is 0.145. The van der Waals surface area contributed by atoms with E-state index in [4.69, 9.17) is 4.74 Å². The van der Waals surface area contributed by atoms with E-state index in [0.29, 0.717) is 5.92 Å². The number of benzene rings is 3. The molecule has 0 saturated heterocycles. The Kier molecular flexibility index (Phi) is 3.16. The van der Waals surface area contributed by atoms with Gasteiger partial charge < -0.3 is 4.74 Å². The Morgan fingerprint density at radius 2 is 1.81 bits per heavy atom. The van der Waals surface area contributed by atoms with E-state index in [-0.39, 0.29) is 0 Å². The standard InChI is InChI=1S/C20H20O/c1-21-13-14-6-9-18-16(12-14)8-11-19-17-5-3-2-4-15(17)7-10-20(18)19/h2-5,7-8,10-11,14H,6,9,12-13H2,1H3. The molecule has 0 aliphatic heterocycles. The summed E-state index contributed by atoms with van der Waals surface area (Å²) in [6.07, 6.45) is 3.58.